The number of aliphatic carboxylic acids is 1. The monoisotopic (exact) mass is 268 g/mol. The van der Waals surface area contributed by atoms with Crippen molar-refractivity contribution in [2.75, 3.05) is 26.2 Å². The Morgan fingerprint density at radius 3 is 2.42 bits per heavy atom. The van der Waals surface area contributed by atoms with Crippen molar-refractivity contribution < 1.29 is 9.90 Å². The number of hydrogen-bond acceptors (Lipinski definition) is 3. The molecule has 0 bridgehead atoms. The van der Waals surface area contributed by atoms with Gasteiger partial charge in [-0.05, 0) is 66.1 Å². The maximum absolute atomic E-state index is 11.4. The molecule has 0 aromatic rings. The molecule has 1 N–H and O–H groups in total. The molecule has 2 aliphatic heterocycles. The molecule has 0 saturated carbocycles. The highest BCUT2D eigenvalue weighted by Gasteiger charge is 2.40. The topological polar surface area (TPSA) is 43.8 Å². The lowest BCUT2D eigenvalue weighted by Crippen LogP contribution is -2.53. The van der Waals surface area contributed by atoms with Gasteiger partial charge in [0.2, 0.25) is 0 Å². The average molecular weight is 268 g/mol. The Balaban J connectivity index is 1.91. The van der Waals surface area contributed by atoms with Crippen molar-refractivity contribution >= 4 is 5.97 Å². The first-order valence-electron chi connectivity index (χ1n) is 7.64. The summed E-state index contributed by atoms with van der Waals surface area (Å²) >= 11 is 0. The standard InChI is InChI=1S/C15H28N2O2/c1-12(2)16-9-5-13(6-10-16)17-8-4-7-15(3,11-17)14(18)19/h12-13H,4-11H2,1-3H3,(H,18,19). The lowest BCUT2D eigenvalue weighted by atomic mass is 9.81. The largest absolute Gasteiger partial charge is 0.481 e. The molecule has 2 saturated heterocycles. The Labute approximate surface area is 116 Å². The molecule has 0 aliphatic carbocycles. The van der Waals surface area contributed by atoms with E-state index in [0.717, 1.165) is 39.0 Å². The van der Waals surface area contributed by atoms with Crippen LogP contribution in [0, 0.1) is 5.41 Å². The van der Waals surface area contributed by atoms with Gasteiger partial charge in [0.15, 0.2) is 0 Å². The second-order valence-electron chi connectivity index (χ2n) is 6.80. The van der Waals surface area contributed by atoms with Crippen molar-refractivity contribution in [2.24, 2.45) is 5.41 Å². The summed E-state index contributed by atoms with van der Waals surface area (Å²) in [5.74, 6) is -0.628. The maximum atomic E-state index is 11.4. The molecule has 1 atom stereocenters. The summed E-state index contributed by atoms with van der Waals surface area (Å²) < 4.78 is 0. The van der Waals surface area contributed by atoms with E-state index in [1.165, 1.54) is 12.8 Å². The smallest absolute Gasteiger partial charge is 0.310 e. The van der Waals surface area contributed by atoms with Crippen LogP contribution in [-0.4, -0.2) is 59.1 Å². The molecule has 2 heterocycles. The molecule has 0 aromatic carbocycles. The number of carboxylic acids is 1. The molecule has 2 fully saturated rings. The summed E-state index contributed by atoms with van der Waals surface area (Å²) in [7, 11) is 0. The van der Waals surface area contributed by atoms with Gasteiger partial charge in [-0.15, -0.1) is 0 Å². The normalized spacial score (nSPS) is 31.8. The van der Waals surface area contributed by atoms with Gasteiger partial charge in [-0.1, -0.05) is 0 Å². The van der Waals surface area contributed by atoms with E-state index in [9.17, 15) is 9.90 Å². The zero-order valence-electron chi connectivity index (χ0n) is 12.6. The molecule has 19 heavy (non-hydrogen) atoms. The first-order valence-corrected chi connectivity index (χ1v) is 7.64. The van der Waals surface area contributed by atoms with Gasteiger partial charge < -0.3 is 10.0 Å². The number of nitrogens with zero attached hydrogens (tertiary/aromatic N) is 2. The number of piperidine rings is 2. The summed E-state index contributed by atoms with van der Waals surface area (Å²) in [5, 5.41) is 9.39. The highest BCUT2D eigenvalue weighted by molar-refractivity contribution is 5.74. The Bertz CT molecular complexity index is 324. The predicted molar refractivity (Wildman–Crippen MR) is 76.3 cm³/mol. The molecule has 1 unspecified atom stereocenters. The number of hydrogen-bond donors (Lipinski definition) is 1. The number of likely N-dealkylation sites (tertiary alicyclic amines) is 2. The summed E-state index contributed by atoms with van der Waals surface area (Å²) in [6.07, 6.45) is 4.22. The van der Waals surface area contributed by atoms with Crippen molar-refractivity contribution in [2.45, 2.75) is 58.5 Å². The quantitative estimate of drug-likeness (QED) is 0.851. The van der Waals surface area contributed by atoms with E-state index < -0.39 is 11.4 Å². The third-order valence-electron chi connectivity index (χ3n) is 4.99. The fraction of sp³-hybridized carbons (Fsp3) is 0.933. The summed E-state index contributed by atoms with van der Waals surface area (Å²) in [6.45, 7) is 10.5. The molecule has 2 rings (SSSR count). The first kappa shape index (κ1) is 14.8. The molecule has 2 aliphatic rings. The van der Waals surface area contributed by atoms with Crippen molar-refractivity contribution in [3.63, 3.8) is 0 Å². The van der Waals surface area contributed by atoms with Crippen LogP contribution in [0.25, 0.3) is 0 Å². The van der Waals surface area contributed by atoms with Crippen molar-refractivity contribution in [1.82, 2.24) is 9.80 Å². The zero-order valence-corrected chi connectivity index (χ0v) is 12.6. The summed E-state index contributed by atoms with van der Waals surface area (Å²) in [5.41, 5.74) is -0.534. The van der Waals surface area contributed by atoms with Gasteiger partial charge in [-0.3, -0.25) is 9.69 Å². The number of rotatable bonds is 3. The van der Waals surface area contributed by atoms with Gasteiger partial charge in [0.05, 0.1) is 5.41 Å². The molecule has 0 radical (unpaired) electrons. The molecule has 4 heteroatoms. The third-order valence-corrected chi connectivity index (χ3v) is 4.99. The van der Waals surface area contributed by atoms with Crippen LogP contribution in [0.5, 0.6) is 0 Å². The minimum atomic E-state index is -0.628. The molecular weight excluding hydrogens is 240 g/mol. The Kier molecular flexibility index (Phi) is 4.51. The van der Waals surface area contributed by atoms with E-state index in [1.54, 1.807) is 0 Å². The van der Waals surface area contributed by atoms with Crippen LogP contribution in [0.2, 0.25) is 0 Å². The van der Waals surface area contributed by atoms with Crippen LogP contribution in [0.15, 0.2) is 0 Å². The van der Waals surface area contributed by atoms with Crippen LogP contribution in [0.4, 0.5) is 0 Å². The summed E-state index contributed by atoms with van der Waals surface area (Å²) in [4.78, 5) is 16.4. The first-order chi connectivity index (χ1) is 8.92. The van der Waals surface area contributed by atoms with E-state index in [2.05, 4.69) is 23.6 Å². The molecule has 0 spiro atoms. The Morgan fingerprint density at radius 1 is 1.26 bits per heavy atom. The maximum Gasteiger partial charge on any atom is 0.310 e. The molecular formula is C15H28N2O2. The van der Waals surface area contributed by atoms with Gasteiger partial charge >= 0.3 is 5.97 Å². The number of carboxylic acid groups (broad SMARTS) is 1. The third kappa shape index (κ3) is 3.29. The van der Waals surface area contributed by atoms with E-state index in [1.807, 2.05) is 6.92 Å². The van der Waals surface area contributed by atoms with Crippen molar-refractivity contribution in [1.29, 1.82) is 0 Å². The lowest BCUT2D eigenvalue weighted by Gasteiger charge is -2.45. The van der Waals surface area contributed by atoms with Crippen molar-refractivity contribution in [3.8, 4) is 0 Å². The molecule has 110 valence electrons. The van der Waals surface area contributed by atoms with Gasteiger partial charge in [0.1, 0.15) is 0 Å². The molecule has 0 aromatic heterocycles. The Morgan fingerprint density at radius 2 is 1.89 bits per heavy atom. The van der Waals surface area contributed by atoms with E-state index in [0.29, 0.717) is 12.1 Å². The fourth-order valence-corrected chi connectivity index (χ4v) is 3.53. The van der Waals surface area contributed by atoms with Crippen LogP contribution in [0.3, 0.4) is 0 Å². The van der Waals surface area contributed by atoms with E-state index >= 15 is 0 Å². The van der Waals surface area contributed by atoms with E-state index in [-0.39, 0.29) is 0 Å². The second kappa shape index (κ2) is 5.80. The number of carbonyl (C=O) groups is 1. The Hall–Kier alpha value is -0.610. The van der Waals surface area contributed by atoms with Gasteiger partial charge in [-0.25, -0.2) is 0 Å². The zero-order chi connectivity index (χ0) is 14.0. The van der Waals surface area contributed by atoms with Crippen molar-refractivity contribution in [3.05, 3.63) is 0 Å². The summed E-state index contributed by atoms with van der Waals surface area (Å²) in [6, 6.07) is 1.22. The van der Waals surface area contributed by atoms with Gasteiger partial charge in [0.25, 0.3) is 0 Å². The minimum Gasteiger partial charge on any atom is -0.481 e. The second-order valence-corrected chi connectivity index (χ2v) is 6.80. The van der Waals surface area contributed by atoms with Crippen LogP contribution < -0.4 is 0 Å². The minimum absolute atomic E-state index is 0.534. The predicted octanol–water partition coefficient (Wildman–Crippen LogP) is 2.05. The highest BCUT2D eigenvalue weighted by Crippen LogP contribution is 2.32. The van der Waals surface area contributed by atoms with Crippen LogP contribution in [0.1, 0.15) is 46.5 Å². The highest BCUT2D eigenvalue weighted by atomic mass is 16.4. The van der Waals surface area contributed by atoms with Crippen LogP contribution >= 0.6 is 0 Å². The molecule has 0 amide bonds. The average Bonchev–Trinajstić information content (AvgIpc) is 2.39. The van der Waals surface area contributed by atoms with Gasteiger partial charge in [-0.2, -0.15) is 0 Å². The SMILES string of the molecule is CC(C)N1CCC(N2CCCC(C)(C(=O)O)C2)CC1. The van der Waals surface area contributed by atoms with E-state index in [4.69, 9.17) is 0 Å². The molecule has 4 nitrogen and oxygen atoms in total. The lowest BCUT2D eigenvalue weighted by molar-refractivity contribution is -0.152. The fourth-order valence-electron chi connectivity index (χ4n) is 3.53. The van der Waals surface area contributed by atoms with Crippen LogP contribution in [-0.2, 0) is 4.79 Å². The van der Waals surface area contributed by atoms with Gasteiger partial charge in [0, 0.05) is 18.6 Å².